The SMILES string of the molecule is O=C(NCCC1CCCCC1)c1cc(NC(=O)c2cc(F)c(F)cc2Cl)[nH]n1. The van der Waals surface area contributed by atoms with Crippen LogP contribution in [-0.4, -0.2) is 28.6 Å². The standard InChI is InChI=1S/C19H21ClF2N4O2/c20-13-9-15(22)14(21)8-12(13)18(27)24-17-10-16(25-26-17)19(28)23-7-6-11-4-2-1-3-5-11/h8-11H,1-7H2,(H,23,28)(H2,24,25,26,27). The molecule has 2 aromatic rings. The van der Waals surface area contributed by atoms with Crippen LogP contribution in [0, 0.1) is 17.6 Å². The topological polar surface area (TPSA) is 86.9 Å². The fourth-order valence-corrected chi connectivity index (χ4v) is 3.58. The zero-order valence-electron chi connectivity index (χ0n) is 15.2. The van der Waals surface area contributed by atoms with Gasteiger partial charge in [0.2, 0.25) is 0 Å². The number of nitrogens with zero attached hydrogens (tertiary/aromatic N) is 1. The predicted molar refractivity (Wildman–Crippen MR) is 101 cm³/mol. The molecule has 0 atom stereocenters. The molecule has 2 amide bonds. The number of benzene rings is 1. The quantitative estimate of drug-likeness (QED) is 0.621. The zero-order chi connectivity index (χ0) is 20.1. The van der Waals surface area contributed by atoms with Crippen LogP contribution in [0.15, 0.2) is 18.2 Å². The molecule has 1 aromatic carbocycles. The number of aromatic amines is 1. The van der Waals surface area contributed by atoms with E-state index in [9.17, 15) is 18.4 Å². The lowest BCUT2D eigenvalue weighted by Crippen LogP contribution is -2.26. The van der Waals surface area contributed by atoms with Crippen LogP contribution in [0.4, 0.5) is 14.6 Å². The van der Waals surface area contributed by atoms with Gasteiger partial charge in [-0.15, -0.1) is 0 Å². The largest absolute Gasteiger partial charge is 0.351 e. The highest BCUT2D eigenvalue weighted by atomic mass is 35.5. The number of hydrogen-bond acceptors (Lipinski definition) is 3. The van der Waals surface area contributed by atoms with Gasteiger partial charge in [-0.1, -0.05) is 43.7 Å². The number of rotatable bonds is 6. The van der Waals surface area contributed by atoms with Gasteiger partial charge in [-0.2, -0.15) is 5.10 Å². The van der Waals surface area contributed by atoms with Crippen molar-refractivity contribution in [1.29, 1.82) is 0 Å². The van der Waals surface area contributed by atoms with Crippen molar-refractivity contribution in [2.24, 2.45) is 5.92 Å². The first-order valence-corrected chi connectivity index (χ1v) is 9.61. The van der Waals surface area contributed by atoms with Gasteiger partial charge in [-0.05, 0) is 24.5 Å². The molecular formula is C19H21ClF2N4O2. The minimum Gasteiger partial charge on any atom is -0.351 e. The molecule has 0 radical (unpaired) electrons. The molecule has 150 valence electrons. The summed E-state index contributed by atoms with van der Waals surface area (Å²) in [4.78, 5) is 24.4. The number of anilines is 1. The number of aromatic nitrogens is 2. The molecule has 1 aliphatic rings. The fourth-order valence-electron chi connectivity index (χ4n) is 3.34. The van der Waals surface area contributed by atoms with Crippen molar-refractivity contribution in [2.45, 2.75) is 38.5 Å². The van der Waals surface area contributed by atoms with Crippen molar-refractivity contribution in [2.75, 3.05) is 11.9 Å². The summed E-state index contributed by atoms with van der Waals surface area (Å²) in [6.07, 6.45) is 7.16. The lowest BCUT2D eigenvalue weighted by atomic mass is 9.87. The van der Waals surface area contributed by atoms with Crippen LogP contribution in [-0.2, 0) is 0 Å². The lowest BCUT2D eigenvalue weighted by Gasteiger charge is -2.21. The van der Waals surface area contributed by atoms with E-state index in [0.29, 0.717) is 18.5 Å². The molecule has 1 aliphatic carbocycles. The Morgan fingerprint density at radius 3 is 2.57 bits per heavy atom. The van der Waals surface area contributed by atoms with Crippen LogP contribution >= 0.6 is 11.6 Å². The molecule has 1 saturated carbocycles. The van der Waals surface area contributed by atoms with E-state index in [1.165, 1.54) is 38.2 Å². The lowest BCUT2D eigenvalue weighted by molar-refractivity contribution is 0.0944. The van der Waals surface area contributed by atoms with Crippen molar-refractivity contribution in [3.63, 3.8) is 0 Å². The van der Waals surface area contributed by atoms with E-state index in [4.69, 9.17) is 11.6 Å². The molecule has 0 spiro atoms. The number of halogens is 3. The molecule has 0 bridgehead atoms. The summed E-state index contributed by atoms with van der Waals surface area (Å²) in [6.45, 7) is 0.572. The molecule has 28 heavy (non-hydrogen) atoms. The molecule has 0 unspecified atom stereocenters. The van der Waals surface area contributed by atoms with Gasteiger partial charge < -0.3 is 10.6 Å². The molecule has 1 heterocycles. The monoisotopic (exact) mass is 410 g/mol. The summed E-state index contributed by atoms with van der Waals surface area (Å²) in [5.74, 6) is -2.63. The fraction of sp³-hybridized carbons (Fsp3) is 0.421. The Morgan fingerprint density at radius 1 is 1.11 bits per heavy atom. The highest BCUT2D eigenvalue weighted by Gasteiger charge is 2.18. The van der Waals surface area contributed by atoms with E-state index in [1.807, 2.05) is 0 Å². The van der Waals surface area contributed by atoms with Gasteiger partial charge in [0.25, 0.3) is 11.8 Å². The first kappa shape index (κ1) is 20.3. The van der Waals surface area contributed by atoms with Gasteiger partial charge >= 0.3 is 0 Å². The highest BCUT2D eigenvalue weighted by Crippen LogP contribution is 2.25. The van der Waals surface area contributed by atoms with E-state index in [2.05, 4.69) is 20.8 Å². The van der Waals surface area contributed by atoms with Crippen LogP contribution in [0.2, 0.25) is 5.02 Å². The Kier molecular flexibility index (Phi) is 6.61. The van der Waals surface area contributed by atoms with Crippen molar-refractivity contribution in [3.8, 4) is 0 Å². The minimum absolute atomic E-state index is 0.121. The molecule has 3 rings (SSSR count). The Bertz CT molecular complexity index is 866. The predicted octanol–water partition coefficient (Wildman–Crippen LogP) is 4.29. The second-order valence-corrected chi connectivity index (χ2v) is 7.32. The van der Waals surface area contributed by atoms with Crippen LogP contribution in [0.5, 0.6) is 0 Å². The Labute approximate surface area is 166 Å². The Balaban J connectivity index is 1.54. The first-order chi connectivity index (χ1) is 13.4. The summed E-state index contributed by atoms with van der Waals surface area (Å²) >= 11 is 5.78. The summed E-state index contributed by atoms with van der Waals surface area (Å²) in [7, 11) is 0. The van der Waals surface area contributed by atoms with Crippen LogP contribution in [0.25, 0.3) is 0 Å². The third-order valence-corrected chi connectivity index (χ3v) is 5.19. The molecule has 3 N–H and O–H groups in total. The van der Waals surface area contributed by atoms with Gasteiger partial charge in [-0.3, -0.25) is 14.7 Å². The van der Waals surface area contributed by atoms with Crippen molar-refractivity contribution in [3.05, 3.63) is 46.1 Å². The van der Waals surface area contributed by atoms with Crippen LogP contribution < -0.4 is 10.6 Å². The average Bonchev–Trinajstić information content (AvgIpc) is 3.14. The molecular weight excluding hydrogens is 390 g/mol. The summed E-state index contributed by atoms with van der Waals surface area (Å²) < 4.78 is 26.4. The third-order valence-electron chi connectivity index (χ3n) is 4.88. The van der Waals surface area contributed by atoms with Crippen molar-refractivity contribution >= 4 is 29.2 Å². The van der Waals surface area contributed by atoms with E-state index >= 15 is 0 Å². The molecule has 1 aromatic heterocycles. The second-order valence-electron chi connectivity index (χ2n) is 6.92. The number of carbonyl (C=O) groups excluding carboxylic acids is 2. The maximum absolute atomic E-state index is 13.3. The molecule has 1 fully saturated rings. The number of carbonyl (C=O) groups is 2. The summed E-state index contributed by atoms with van der Waals surface area (Å²) in [6, 6.07) is 2.80. The number of amides is 2. The molecule has 0 aliphatic heterocycles. The van der Waals surface area contributed by atoms with Gasteiger partial charge in [0.1, 0.15) is 5.82 Å². The van der Waals surface area contributed by atoms with Gasteiger partial charge in [0.15, 0.2) is 17.3 Å². The Hall–Kier alpha value is -2.48. The number of hydrogen-bond donors (Lipinski definition) is 3. The van der Waals surface area contributed by atoms with E-state index in [0.717, 1.165) is 12.5 Å². The van der Waals surface area contributed by atoms with Gasteiger partial charge in [-0.25, -0.2) is 8.78 Å². The number of nitrogens with one attached hydrogen (secondary N) is 3. The number of H-pyrrole nitrogens is 1. The molecule has 0 saturated heterocycles. The highest BCUT2D eigenvalue weighted by molar-refractivity contribution is 6.34. The maximum Gasteiger partial charge on any atom is 0.271 e. The van der Waals surface area contributed by atoms with E-state index in [1.54, 1.807) is 0 Å². The maximum atomic E-state index is 13.3. The van der Waals surface area contributed by atoms with Crippen molar-refractivity contribution < 1.29 is 18.4 Å². The molecule has 9 heteroatoms. The Morgan fingerprint density at radius 2 is 1.82 bits per heavy atom. The second kappa shape index (κ2) is 9.14. The normalized spacial score (nSPS) is 14.7. The van der Waals surface area contributed by atoms with E-state index < -0.39 is 17.5 Å². The minimum atomic E-state index is -1.18. The average molecular weight is 411 g/mol. The van der Waals surface area contributed by atoms with Gasteiger partial charge in [0, 0.05) is 12.6 Å². The van der Waals surface area contributed by atoms with E-state index in [-0.39, 0.29) is 28.0 Å². The van der Waals surface area contributed by atoms with Crippen molar-refractivity contribution in [1.82, 2.24) is 15.5 Å². The smallest absolute Gasteiger partial charge is 0.271 e. The zero-order valence-corrected chi connectivity index (χ0v) is 15.9. The van der Waals surface area contributed by atoms with Crippen LogP contribution in [0.1, 0.15) is 59.4 Å². The van der Waals surface area contributed by atoms with Crippen LogP contribution in [0.3, 0.4) is 0 Å². The van der Waals surface area contributed by atoms with Gasteiger partial charge in [0.05, 0.1) is 10.6 Å². The summed E-state index contributed by atoms with van der Waals surface area (Å²) in [5, 5.41) is 11.4. The first-order valence-electron chi connectivity index (χ1n) is 9.23. The summed E-state index contributed by atoms with van der Waals surface area (Å²) in [5.41, 5.74) is -0.107. The molecule has 6 nitrogen and oxygen atoms in total. The third kappa shape index (κ3) is 5.07.